The average Bonchev–Trinajstić information content (AvgIpc) is 3.35. The van der Waals surface area contributed by atoms with Gasteiger partial charge in [-0.25, -0.2) is 0 Å². The molecule has 4 aliphatic rings. The summed E-state index contributed by atoms with van der Waals surface area (Å²) in [6.07, 6.45) is 3.10. The van der Waals surface area contributed by atoms with E-state index in [1.165, 1.54) is 6.26 Å². The monoisotopic (exact) mass is 460 g/mol. The number of hydrogen-bond acceptors (Lipinski definition) is 6. The third-order valence-electron chi connectivity index (χ3n) is 7.41. The van der Waals surface area contributed by atoms with Gasteiger partial charge in [0.15, 0.2) is 18.5 Å². The number of para-hydroxylation sites is 2. The fraction of sp³-hybridized carbons (Fsp3) is 0.346. The van der Waals surface area contributed by atoms with Crippen molar-refractivity contribution in [1.82, 2.24) is 5.16 Å². The van der Waals surface area contributed by atoms with Crippen LogP contribution < -0.4 is 10.1 Å². The first-order valence-electron chi connectivity index (χ1n) is 11.7. The Kier molecular flexibility index (Phi) is 5.10. The van der Waals surface area contributed by atoms with Crippen LogP contribution in [0.5, 0.6) is 11.5 Å². The molecule has 1 atom stereocenters. The van der Waals surface area contributed by atoms with Crippen molar-refractivity contribution >= 4 is 17.7 Å². The average molecular weight is 461 g/mol. The molecule has 1 aromatic heterocycles. The lowest BCUT2D eigenvalue weighted by Crippen LogP contribution is -2.66. The number of nitrogens with one attached hydrogen (secondary N) is 1. The van der Waals surface area contributed by atoms with Crippen LogP contribution in [0.3, 0.4) is 0 Å². The molecule has 4 aliphatic heterocycles. The standard InChI is InChI=1S/C26H25N3O5/c30-24(27-23-11-14-32-28-23)16-29-12-9-17(10-13-29)22(15-29)34-26(31)25-18-5-1-3-7-20(18)33-21-8-4-2-6-19(21)25/h1-8,11,14,17,22,25H,9-10,12-13,15-16H2/p+1. The predicted molar refractivity (Wildman–Crippen MR) is 122 cm³/mol. The van der Waals surface area contributed by atoms with Gasteiger partial charge in [-0.2, -0.15) is 0 Å². The predicted octanol–water partition coefficient (Wildman–Crippen LogP) is 3.70. The first kappa shape index (κ1) is 20.9. The lowest BCUT2D eigenvalue weighted by atomic mass is 9.82. The number of carbonyl (C=O) groups excluding carboxylic acids is 2. The van der Waals surface area contributed by atoms with Crippen molar-refractivity contribution in [2.75, 3.05) is 31.5 Å². The van der Waals surface area contributed by atoms with Crippen LogP contribution in [0.25, 0.3) is 0 Å². The van der Waals surface area contributed by atoms with Gasteiger partial charge in [0.2, 0.25) is 0 Å². The third kappa shape index (κ3) is 3.74. The number of ether oxygens (including phenoxy) is 2. The van der Waals surface area contributed by atoms with Gasteiger partial charge in [0.1, 0.15) is 30.2 Å². The molecule has 8 heteroatoms. The van der Waals surface area contributed by atoms with Crippen molar-refractivity contribution in [3.05, 3.63) is 72.0 Å². The fourth-order valence-electron chi connectivity index (χ4n) is 5.72. The number of esters is 1. The maximum atomic E-state index is 13.6. The molecule has 3 aromatic rings. The van der Waals surface area contributed by atoms with Crippen LogP contribution in [0, 0.1) is 5.92 Å². The van der Waals surface area contributed by atoms with Crippen LogP contribution in [0.4, 0.5) is 5.82 Å². The number of anilines is 1. The van der Waals surface area contributed by atoms with Crippen LogP contribution in [0.15, 0.2) is 65.4 Å². The highest BCUT2D eigenvalue weighted by atomic mass is 16.5. The third-order valence-corrected chi connectivity index (χ3v) is 7.41. The van der Waals surface area contributed by atoms with Gasteiger partial charge in [-0.3, -0.25) is 9.59 Å². The summed E-state index contributed by atoms with van der Waals surface area (Å²) in [6, 6.07) is 16.9. The van der Waals surface area contributed by atoms with Gasteiger partial charge in [-0.1, -0.05) is 41.6 Å². The number of carbonyl (C=O) groups is 2. The zero-order valence-electron chi connectivity index (χ0n) is 18.7. The molecule has 8 nitrogen and oxygen atoms in total. The minimum absolute atomic E-state index is 0.105. The van der Waals surface area contributed by atoms with Gasteiger partial charge in [0.25, 0.3) is 5.91 Å². The summed E-state index contributed by atoms with van der Waals surface area (Å²) >= 11 is 0. The highest BCUT2D eigenvalue weighted by molar-refractivity contribution is 5.90. The molecule has 2 aromatic carbocycles. The molecule has 0 spiro atoms. The Bertz CT molecular complexity index is 1170. The second-order valence-corrected chi connectivity index (χ2v) is 9.49. The fourth-order valence-corrected chi connectivity index (χ4v) is 5.72. The summed E-state index contributed by atoms with van der Waals surface area (Å²) in [7, 11) is 0. The number of amides is 1. The number of rotatable bonds is 5. The smallest absolute Gasteiger partial charge is 0.318 e. The molecule has 0 radical (unpaired) electrons. The summed E-state index contributed by atoms with van der Waals surface area (Å²) in [5, 5.41) is 6.55. The molecule has 0 saturated carbocycles. The maximum Gasteiger partial charge on any atom is 0.318 e. The number of aromatic nitrogens is 1. The van der Waals surface area contributed by atoms with Crippen LogP contribution >= 0.6 is 0 Å². The van der Waals surface area contributed by atoms with E-state index >= 15 is 0 Å². The molecular weight excluding hydrogens is 434 g/mol. The Morgan fingerprint density at radius 1 is 1.00 bits per heavy atom. The molecule has 1 N–H and O–H groups in total. The molecular formula is C26H26N3O5+. The topological polar surface area (TPSA) is 90.7 Å². The molecule has 34 heavy (non-hydrogen) atoms. The largest absolute Gasteiger partial charge is 0.457 e. The number of quaternary nitrogens is 1. The summed E-state index contributed by atoms with van der Waals surface area (Å²) in [4.78, 5) is 26.3. The number of fused-ring (bicyclic) bond motifs is 5. The maximum absolute atomic E-state index is 13.6. The van der Waals surface area contributed by atoms with Crippen LogP contribution in [0.2, 0.25) is 0 Å². The van der Waals surface area contributed by atoms with Gasteiger partial charge < -0.3 is 23.8 Å². The highest BCUT2D eigenvalue weighted by Crippen LogP contribution is 2.45. The summed E-state index contributed by atoms with van der Waals surface area (Å²) in [5.41, 5.74) is 1.65. The lowest BCUT2D eigenvalue weighted by Gasteiger charge is -2.51. The molecule has 3 saturated heterocycles. The Morgan fingerprint density at radius 2 is 1.68 bits per heavy atom. The van der Waals surface area contributed by atoms with E-state index in [0.717, 1.165) is 37.1 Å². The zero-order valence-corrected chi connectivity index (χ0v) is 18.7. The number of benzene rings is 2. The van der Waals surface area contributed by atoms with Crippen LogP contribution in [-0.4, -0.2) is 53.8 Å². The van der Waals surface area contributed by atoms with Crippen molar-refractivity contribution in [3.63, 3.8) is 0 Å². The van der Waals surface area contributed by atoms with Gasteiger partial charge in [-0.15, -0.1) is 0 Å². The quantitative estimate of drug-likeness (QED) is 0.461. The Hall–Kier alpha value is -3.65. The van der Waals surface area contributed by atoms with Crippen molar-refractivity contribution in [2.24, 2.45) is 5.92 Å². The van der Waals surface area contributed by atoms with Gasteiger partial charge in [0.05, 0.1) is 13.1 Å². The van der Waals surface area contributed by atoms with E-state index in [4.69, 9.17) is 14.0 Å². The second kappa shape index (κ2) is 8.29. The molecule has 174 valence electrons. The zero-order chi connectivity index (χ0) is 23.1. The number of hydrogen-bond donors (Lipinski definition) is 1. The molecule has 2 bridgehead atoms. The van der Waals surface area contributed by atoms with Crippen LogP contribution in [0.1, 0.15) is 29.9 Å². The SMILES string of the molecule is O=C(C[N+]12CCC(CC1)C(OC(=O)C1c3ccccc3Oc3ccccc31)C2)Nc1ccon1. The normalized spacial score (nSPS) is 25.1. The van der Waals surface area contributed by atoms with E-state index in [9.17, 15) is 9.59 Å². The van der Waals surface area contributed by atoms with Crippen molar-refractivity contribution in [3.8, 4) is 11.5 Å². The minimum Gasteiger partial charge on any atom is -0.457 e. The van der Waals surface area contributed by atoms with Crippen molar-refractivity contribution < 1.29 is 28.1 Å². The summed E-state index contributed by atoms with van der Waals surface area (Å²) in [6.45, 7) is 2.80. The molecule has 1 amide bonds. The summed E-state index contributed by atoms with van der Waals surface area (Å²) in [5.74, 6) is 1.22. The molecule has 3 fully saturated rings. The second-order valence-electron chi connectivity index (χ2n) is 9.49. The lowest BCUT2D eigenvalue weighted by molar-refractivity contribution is -0.938. The number of nitrogens with zero attached hydrogens (tertiary/aromatic N) is 2. The summed E-state index contributed by atoms with van der Waals surface area (Å²) < 4.78 is 17.7. The van der Waals surface area contributed by atoms with E-state index in [2.05, 4.69) is 10.5 Å². The van der Waals surface area contributed by atoms with E-state index in [1.54, 1.807) is 6.07 Å². The first-order chi connectivity index (χ1) is 16.6. The number of piperidine rings is 3. The molecule has 1 unspecified atom stereocenters. The minimum atomic E-state index is -0.527. The molecule has 0 aliphatic carbocycles. The molecule has 5 heterocycles. The highest BCUT2D eigenvalue weighted by Gasteiger charge is 2.49. The van der Waals surface area contributed by atoms with Crippen LogP contribution in [-0.2, 0) is 14.3 Å². The Labute approximate surface area is 197 Å². The van der Waals surface area contributed by atoms with Gasteiger partial charge >= 0.3 is 5.97 Å². The molecule has 7 rings (SSSR count). The van der Waals surface area contributed by atoms with Gasteiger partial charge in [-0.05, 0) is 12.1 Å². The Morgan fingerprint density at radius 3 is 2.32 bits per heavy atom. The van der Waals surface area contributed by atoms with Gasteiger partial charge in [0, 0.05) is 36.0 Å². The van der Waals surface area contributed by atoms with Crippen molar-refractivity contribution in [2.45, 2.75) is 24.9 Å². The van der Waals surface area contributed by atoms with E-state index in [0.29, 0.717) is 40.8 Å². The first-order valence-corrected chi connectivity index (χ1v) is 11.7. The van der Waals surface area contributed by atoms with Crippen molar-refractivity contribution in [1.29, 1.82) is 0 Å². The van der Waals surface area contributed by atoms with E-state index < -0.39 is 5.92 Å². The Balaban J connectivity index is 1.20. The van der Waals surface area contributed by atoms with E-state index in [1.807, 2.05) is 48.5 Å². The van der Waals surface area contributed by atoms with E-state index in [-0.39, 0.29) is 18.0 Å².